The average Bonchev–Trinajstić information content (AvgIpc) is 2.32. The van der Waals surface area contributed by atoms with Crippen molar-refractivity contribution in [3.63, 3.8) is 0 Å². The standard InChI is InChI=1S/C13H15F2NO2/c14-9-1-2-10(11(15)5-9)13(7-18-8-13)12-6-17-4-3-16-12/h1-2,5,12,16H,3-4,6-8H2. The van der Waals surface area contributed by atoms with Crippen molar-refractivity contribution in [3.8, 4) is 0 Å². The van der Waals surface area contributed by atoms with E-state index < -0.39 is 17.0 Å². The van der Waals surface area contributed by atoms with Crippen LogP contribution in [0.25, 0.3) is 0 Å². The lowest BCUT2D eigenvalue weighted by Crippen LogP contribution is -2.64. The second kappa shape index (κ2) is 4.57. The smallest absolute Gasteiger partial charge is 0.130 e. The fourth-order valence-corrected chi connectivity index (χ4v) is 2.68. The number of benzene rings is 1. The van der Waals surface area contributed by atoms with Crippen LogP contribution in [0.3, 0.4) is 0 Å². The summed E-state index contributed by atoms with van der Waals surface area (Å²) in [5.41, 5.74) is 0.0798. The van der Waals surface area contributed by atoms with Crippen LogP contribution in [0.1, 0.15) is 5.56 Å². The molecule has 3 nitrogen and oxygen atoms in total. The molecule has 0 spiro atoms. The number of hydrogen-bond donors (Lipinski definition) is 1. The van der Waals surface area contributed by atoms with Crippen LogP contribution >= 0.6 is 0 Å². The number of morpholine rings is 1. The van der Waals surface area contributed by atoms with E-state index in [-0.39, 0.29) is 6.04 Å². The first kappa shape index (κ1) is 12.0. The predicted molar refractivity (Wildman–Crippen MR) is 61.5 cm³/mol. The molecule has 0 amide bonds. The largest absolute Gasteiger partial charge is 0.379 e. The Morgan fingerprint density at radius 2 is 2.06 bits per heavy atom. The summed E-state index contributed by atoms with van der Waals surface area (Å²) < 4.78 is 37.7. The Hall–Kier alpha value is -1.04. The van der Waals surface area contributed by atoms with Gasteiger partial charge in [-0.15, -0.1) is 0 Å². The molecule has 3 rings (SSSR count). The SMILES string of the molecule is Fc1ccc(C2(C3COCCN3)COC2)c(F)c1. The summed E-state index contributed by atoms with van der Waals surface area (Å²) in [5.74, 6) is -1.06. The molecule has 5 heteroatoms. The van der Waals surface area contributed by atoms with Crippen molar-refractivity contribution in [1.82, 2.24) is 5.32 Å². The third-order valence-electron chi connectivity index (χ3n) is 3.78. The summed E-state index contributed by atoms with van der Waals surface area (Å²) in [6.45, 7) is 2.82. The van der Waals surface area contributed by atoms with E-state index in [1.807, 2.05) is 0 Å². The highest BCUT2D eigenvalue weighted by Gasteiger charge is 2.49. The van der Waals surface area contributed by atoms with Crippen LogP contribution < -0.4 is 5.32 Å². The number of rotatable bonds is 2. The third-order valence-corrected chi connectivity index (χ3v) is 3.78. The molecular weight excluding hydrogens is 240 g/mol. The number of hydrogen-bond acceptors (Lipinski definition) is 3. The highest BCUT2D eigenvalue weighted by Crippen LogP contribution is 2.38. The first-order chi connectivity index (χ1) is 8.72. The summed E-state index contributed by atoms with van der Waals surface area (Å²) in [4.78, 5) is 0. The molecule has 1 aromatic rings. The van der Waals surface area contributed by atoms with E-state index in [1.54, 1.807) is 0 Å². The Morgan fingerprint density at radius 1 is 1.22 bits per heavy atom. The van der Waals surface area contributed by atoms with Crippen LogP contribution in [0, 0.1) is 11.6 Å². The zero-order chi connectivity index (χ0) is 12.6. The molecule has 0 radical (unpaired) electrons. The maximum atomic E-state index is 14.0. The van der Waals surface area contributed by atoms with Gasteiger partial charge in [-0.05, 0) is 6.07 Å². The summed E-state index contributed by atoms with van der Waals surface area (Å²) in [6.07, 6.45) is 0. The van der Waals surface area contributed by atoms with Crippen molar-refractivity contribution < 1.29 is 18.3 Å². The summed E-state index contributed by atoms with van der Waals surface area (Å²) in [5, 5.41) is 3.34. The molecule has 0 aromatic heterocycles. The molecule has 2 fully saturated rings. The summed E-state index contributed by atoms with van der Waals surface area (Å²) >= 11 is 0. The molecule has 0 saturated carbocycles. The fraction of sp³-hybridized carbons (Fsp3) is 0.538. The normalized spacial score (nSPS) is 26.7. The van der Waals surface area contributed by atoms with Crippen LogP contribution in [-0.2, 0) is 14.9 Å². The number of nitrogens with one attached hydrogen (secondary N) is 1. The van der Waals surface area contributed by atoms with Gasteiger partial charge in [0.25, 0.3) is 0 Å². The van der Waals surface area contributed by atoms with Gasteiger partial charge in [-0.3, -0.25) is 0 Å². The number of ether oxygens (including phenoxy) is 2. The highest BCUT2D eigenvalue weighted by atomic mass is 19.1. The van der Waals surface area contributed by atoms with Crippen molar-refractivity contribution in [1.29, 1.82) is 0 Å². The Balaban J connectivity index is 1.94. The molecule has 1 unspecified atom stereocenters. The zero-order valence-electron chi connectivity index (χ0n) is 9.92. The van der Waals surface area contributed by atoms with Crippen molar-refractivity contribution in [2.75, 3.05) is 33.0 Å². The first-order valence-corrected chi connectivity index (χ1v) is 6.07. The van der Waals surface area contributed by atoms with Gasteiger partial charge in [0.2, 0.25) is 0 Å². The van der Waals surface area contributed by atoms with Gasteiger partial charge in [-0.25, -0.2) is 8.78 Å². The Kier molecular flexibility index (Phi) is 3.05. The van der Waals surface area contributed by atoms with E-state index in [9.17, 15) is 8.78 Å². The van der Waals surface area contributed by atoms with Gasteiger partial charge in [0.05, 0.1) is 31.8 Å². The van der Waals surface area contributed by atoms with Gasteiger partial charge in [0.15, 0.2) is 0 Å². The minimum Gasteiger partial charge on any atom is -0.379 e. The zero-order valence-corrected chi connectivity index (χ0v) is 9.92. The van der Waals surface area contributed by atoms with E-state index in [0.29, 0.717) is 32.0 Å². The highest BCUT2D eigenvalue weighted by molar-refractivity contribution is 5.33. The molecule has 1 atom stereocenters. The number of halogens is 2. The maximum absolute atomic E-state index is 14.0. The van der Waals surface area contributed by atoms with Crippen molar-refractivity contribution in [2.24, 2.45) is 0 Å². The average molecular weight is 255 g/mol. The Morgan fingerprint density at radius 3 is 2.61 bits per heavy atom. The van der Waals surface area contributed by atoms with E-state index >= 15 is 0 Å². The van der Waals surface area contributed by atoms with Gasteiger partial charge in [0, 0.05) is 24.2 Å². The lowest BCUT2D eigenvalue weighted by atomic mass is 9.72. The van der Waals surface area contributed by atoms with Crippen molar-refractivity contribution in [2.45, 2.75) is 11.5 Å². The topological polar surface area (TPSA) is 30.5 Å². The molecule has 1 N–H and O–H groups in total. The van der Waals surface area contributed by atoms with E-state index in [4.69, 9.17) is 9.47 Å². The van der Waals surface area contributed by atoms with E-state index in [2.05, 4.69) is 5.32 Å². The Labute approximate surface area is 104 Å². The maximum Gasteiger partial charge on any atom is 0.130 e. The van der Waals surface area contributed by atoms with Gasteiger partial charge in [-0.2, -0.15) is 0 Å². The second-order valence-corrected chi connectivity index (χ2v) is 4.85. The minimum absolute atomic E-state index is 0.0139. The van der Waals surface area contributed by atoms with E-state index in [0.717, 1.165) is 12.6 Å². The first-order valence-electron chi connectivity index (χ1n) is 6.07. The van der Waals surface area contributed by atoms with Crippen molar-refractivity contribution >= 4 is 0 Å². The van der Waals surface area contributed by atoms with Gasteiger partial charge in [-0.1, -0.05) is 6.07 Å². The fourth-order valence-electron chi connectivity index (χ4n) is 2.68. The van der Waals surface area contributed by atoms with Crippen molar-refractivity contribution in [3.05, 3.63) is 35.4 Å². The third kappa shape index (κ3) is 1.83. The molecule has 18 heavy (non-hydrogen) atoms. The molecular formula is C13H15F2NO2. The van der Waals surface area contributed by atoms with Crippen LogP contribution in [0.4, 0.5) is 8.78 Å². The van der Waals surface area contributed by atoms with Crippen LogP contribution in [0.5, 0.6) is 0 Å². The lowest BCUT2D eigenvalue weighted by Gasteiger charge is -2.49. The van der Waals surface area contributed by atoms with Gasteiger partial charge >= 0.3 is 0 Å². The van der Waals surface area contributed by atoms with E-state index in [1.165, 1.54) is 12.1 Å². The molecule has 2 aliphatic heterocycles. The minimum atomic E-state index is -0.556. The summed E-state index contributed by atoms with van der Waals surface area (Å²) in [7, 11) is 0. The summed E-state index contributed by atoms with van der Waals surface area (Å²) in [6, 6.07) is 3.75. The molecule has 0 bridgehead atoms. The van der Waals surface area contributed by atoms with Gasteiger partial charge in [0.1, 0.15) is 11.6 Å². The molecule has 2 saturated heterocycles. The molecule has 0 aliphatic carbocycles. The predicted octanol–water partition coefficient (Wildman–Crippen LogP) is 1.22. The monoisotopic (exact) mass is 255 g/mol. The molecule has 2 heterocycles. The van der Waals surface area contributed by atoms with Crippen LogP contribution in [-0.4, -0.2) is 39.0 Å². The molecule has 98 valence electrons. The second-order valence-electron chi connectivity index (χ2n) is 4.85. The van der Waals surface area contributed by atoms with Crippen LogP contribution in [0.2, 0.25) is 0 Å². The van der Waals surface area contributed by atoms with Gasteiger partial charge < -0.3 is 14.8 Å². The molecule has 2 aliphatic rings. The lowest BCUT2D eigenvalue weighted by molar-refractivity contribution is -0.102. The Bertz CT molecular complexity index is 443. The quantitative estimate of drug-likeness (QED) is 0.862. The van der Waals surface area contributed by atoms with Crippen LogP contribution in [0.15, 0.2) is 18.2 Å². The molecule has 1 aromatic carbocycles.